The molecule has 0 spiro atoms. The second-order valence-corrected chi connectivity index (χ2v) is 9.01. The molecule has 0 aromatic heterocycles. The summed E-state index contributed by atoms with van der Waals surface area (Å²) in [4.78, 5) is 41.4. The first-order valence-electron chi connectivity index (χ1n) is 11.0. The molecular formula is C25H29N3O4. The lowest BCUT2D eigenvalue weighted by Crippen LogP contribution is -2.58. The zero-order valence-corrected chi connectivity index (χ0v) is 18.6. The number of aliphatic hydroxyl groups excluding tert-OH is 1. The van der Waals surface area contributed by atoms with E-state index in [1.54, 1.807) is 25.8 Å². The van der Waals surface area contributed by atoms with Crippen LogP contribution in [0.2, 0.25) is 0 Å². The summed E-state index contributed by atoms with van der Waals surface area (Å²) in [6, 6.07) is 14.2. The molecule has 0 unspecified atom stereocenters. The maximum atomic E-state index is 13.4. The minimum Gasteiger partial charge on any atom is -0.373 e. The highest BCUT2D eigenvalue weighted by Crippen LogP contribution is 2.44. The second-order valence-electron chi connectivity index (χ2n) is 9.01. The molecule has 1 heterocycles. The molecule has 32 heavy (non-hydrogen) atoms. The Morgan fingerprint density at radius 3 is 2.28 bits per heavy atom. The standard InChI is InChI=1S/C25H29N3O4/c1-15(2)21(29)27-24(32)25(13-8-14-25)23(31)26-20-18-11-5-4-9-16(18)17-10-6-7-12-19(17)28(3)22(20)30/h4-7,9-12,15,20-21,29H,8,13-14H2,1-3H3,(H,26,31)(H,27,32)/t20-,21-/m0/s1. The van der Waals surface area contributed by atoms with Gasteiger partial charge in [0.15, 0.2) is 0 Å². The van der Waals surface area contributed by atoms with E-state index in [4.69, 9.17) is 0 Å². The van der Waals surface area contributed by atoms with Gasteiger partial charge in [0, 0.05) is 12.6 Å². The number of rotatable bonds is 5. The van der Waals surface area contributed by atoms with Crippen molar-refractivity contribution in [2.75, 3.05) is 11.9 Å². The van der Waals surface area contributed by atoms with Gasteiger partial charge < -0.3 is 20.6 Å². The topological polar surface area (TPSA) is 98.7 Å². The summed E-state index contributed by atoms with van der Waals surface area (Å²) in [5, 5.41) is 15.6. The molecule has 3 amide bonds. The number of aliphatic hydroxyl groups is 1. The molecule has 0 radical (unpaired) electrons. The highest BCUT2D eigenvalue weighted by Gasteiger charge is 2.52. The maximum absolute atomic E-state index is 13.4. The molecule has 7 heteroatoms. The number of hydrogen-bond acceptors (Lipinski definition) is 4. The van der Waals surface area contributed by atoms with Crippen LogP contribution in [0, 0.1) is 11.3 Å². The molecule has 1 aliphatic carbocycles. The summed E-state index contributed by atoms with van der Waals surface area (Å²) in [6.45, 7) is 3.57. The Hall–Kier alpha value is -3.19. The Labute approximate surface area is 187 Å². The smallest absolute Gasteiger partial charge is 0.253 e. The molecule has 3 N–H and O–H groups in total. The van der Waals surface area contributed by atoms with Crippen molar-refractivity contribution in [3.05, 3.63) is 54.1 Å². The molecule has 1 saturated carbocycles. The van der Waals surface area contributed by atoms with Crippen LogP contribution in [0.4, 0.5) is 5.69 Å². The number of amides is 3. The van der Waals surface area contributed by atoms with E-state index >= 15 is 0 Å². The number of nitrogens with one attached hydrogen (secondary N) is 2. The van der Waals surface area contributed by atoms with Crippen molar-refractivity contribution < 1.29 is 19.5 Å². The number of hydrogen-bond donors (Lipinski definition) is 3. The number of anilines is 1. The molecule has 0 bridgehead atoms. The minimum absolute atomic E-state index is 0.179. The van der Waals surface area contributed by atoms with E-state index in [-0.39, 0.29) is 11.8 Å². The Balaban J connectivity index is 1.67. The van der Waals surface area contributed by atoms with Crippen molar-refractivity contribution in [3.63, 3.8) is 0 Å². The van der Waals surface area contributed by atoms with Crippen LogP contribution in [0.1, 0.15) is 44.7 Å². The quantitative estimate of drug-likeness (QED) is 0.497. The Kier molecular flexibility index (Phi) is 5.77. The number of carbonyl (C=O) groups is 3. The summed E-state index contributed by atoms with van der Waals surface area (Å²) in [5.41, 5.74) is 1.96. The van der Waals surface area contributed by atoms with E-state index in [1.165, 1.54) is 0 Å². The van der Waals surface area contributed by atoms with Gasteiger partial charge in [-0.1, -0.05) is 62.7 Å². The van der Waals surface area contributed by atoms with Gasteiger partial charge in [-0.3, -0.25) is 14.4 Å². The van der Waals surface area contributed by atoms with Crippen LogP contribution in [-0.4, -0.2) is 36.1 Å². The molecule has 4 rings (SSSR count). The number of likely N-dealkylation sites (N-methyl/N-ethyl adjacent to an activating group) is 1. The number of nitrogens with zero attached hydrogens (tertiary/aromatic N) is 1. The van der Waals surface area contributed by atoms with Gasteiger partial charge in [-0.15, -0.1) is 0 Å². The Bertz CT molecular complexity index is 1060. The predicted molar refractivity (Wildman–Crippen MR) is 121 cm³/mol. The summed E-state index contributed by atoms with van der Waals surface area (Å²) in [6.07, 6.45) is 0.468. The minimum atomic E-state index is -1.27. The number of benzene rings is 2. The molecule has 2 aliphatic rings. The third-order valence-electron chi connectivity index (χ3n) is 6.67. The van der Waals surface area contributed by atoms with Crippen LogP contribution in [0.25, 0.3) is 11.1 Å². The molecule has 1 fully saturated rings. The van der Waals surface area contributed by atoms with E-state index in [0.717, 1.165) is 23.2 Å². The predicted octanol–water partition coefficient (Wildman–Crippen LogP) is 2.75. The van der Waals surface area contributed by atoms with Crippen molar-refractivity contribution >= 4 is 23.4 Å². The summed E-state index contributed by atoms with van der Waals surface area (Å²) in [5.74, 6) is -1.42. The molecule has 2 atom stereocenters. The zero-order chi connectivity index (χ0) is 23.0. The monoisotopic (exact) mass is 435 g/mol. The fraction of sp³-hybridized carbons (Fsp3) is 0.400. The number of para-hydroxylation sites is 1. The average molecular weight is 436 g/mol. The van der Waals surface area contributed by atoms with Gasteiger partial charge in [-0.05, 0) is 36.0 Å². The zero-order valence-electron chi connectivity index (χ0n) is 18.6. The van der Waals surface area contributed by atoms with E-state index in [0.29, 0.717) is 18.4 Å². The van der Waals surface area contributed by atoms with Gasteiger partial charge in [0.25, 0.3) is 5.91 Å². The lowest BCUT2D eigenvalue weighted by atomic mass is 9.67. The summed E-state index contributed by atoms with van der Waals surface area (Å²) >= 11 is 0. The lowest BCUT2D eigenvalue weighted by Gasteiger charge is -2.40. The van der Waals surface area contributed by atoms with E-state index in [9.17, 15) is 19.5 Å². The first kappa shape index (κ1) is 22.0. The Morgan fingerprint density at radius 1 is 1.03 bits per heavy atom. The maximum Gasteiger partial charge on any atom is 0.253 e. The summed E-state index contributed by atoms with van der Waals surface area (Å²) in [7, 11) is 1.69. The fourth-order valence-electron chi connectivity index (χ4n) is 4.37. The number of carbonyl (C=O) groups excluding carboxylic acids is 3. The third-order valence-corrected chi connectivity index (χ3v) is 6.67. The highest BCUT2D eigenvalue weighted by atomic mass is 16.3. The van der Waals surface area contributed by atoms with Gasteiger partial charge in [0.2, 0.25) is 11.8 Å². The highest BCUT2D eigenvalue weighted by molar-refractivity contribution is 6.10. The van der Waals surface area contributed by atoms with Crippen LogP contribution in [0.15, 0.2) is 48.5 Å². The van der Waals surface area contributed by atoms with Gasteiger partial charge in [0.1, 0.15) is 17.7 Å². The Morgan fingerprint density at radius 2 is 1.66 bits per heavy atom. The van der Waals surface area contributed by atoms with E-state index in [1.807, 2.05) is 48.5 Å². The molecule has 7 nitrogen and oxygen atoms in total. The first-order chi connectivity index (χ1) is 15.3. The summed E-state index contributed by atoms with van der Waals surface area (Å²) < 4.78 is 0. The fourth-order valence-corrected chi connectivity index (χ4v) is 4.37. The van der Waals surface area contributed by atoms with Crippen LogP contribution in [0.5, 0.6) is 0 Å². The average Bonchev–Trinajstić information content (AvgIpc) is 2.83. The molecule has 0 saturated heterocycles. The van der Waals surface area contributed by atoms with Gasteiger partial charge in [-0.25, -0.2) is 0 Å². The van der Waals surface area contributed by atoms with Crippen LogP contribution in [-0.2, 0) is 14.4 Å². The largest absolute Gasteiger partial charge is 0.373 e. The van der Waals surface area contributed by atoms with Crippen molar-refractivity contribution in [2.45, 2.75) is 45.4 Å². The van der Waals surface area contributed by atoms with Crippen molar-refractivity contribution in [3.8, 4) is 11.1 Å². The third kappa shape index (κ3) is 3.56. The van der Waals surface area contributed by atoms with Crippen molar-refractivity contribution in [1.82, 2.24) is 10.6 Å². The molecule has 1 aliphatic heterocycles. The van der Waals surface area contributed by atoms with Gasteiger partial charge >= 0.3 is 0 Å². The molecule has 168 valence electrons. The first-order valence-corrected chi connectivity index (χ1v) is 11.0. The van der Waals surface area contributed by atoms with E-state index in [2.05, 4.69) is 10.6 Å². The van der Waals surface area contributed by atoms with Crippen molar-refractivity contribution in [2.24, 2.45) is 11.3 Å². The number of fused-ring (bicyclic) bond motifs is 3. The molecule has 2 aromatic carbocycles. The van der Waals surface area contributed by atoms with Crippen LogP contribution in [0.3, 0.4) is 0 Å². The van der Waals surface area contributed by atoms with Gasteiger partial charge in [-0.2, -0.15) is 0 Å². The second kappa shape index (κ2) is 8.39. The lowest BCUT2D eigenvalue weighted by molar-refractivity contribution is -0.153. The molecule has 2 aromatic rings. The van der Waals surface area contributed by atoms with Crippen LogP contribution >= 0.6 is 0 Å². The van der Waals surface area contributed by atoms with Crippen molar-refractivity contribution in [1.29, 1.82) is 0 Å². The van der Waals surface area contributed by atoms with Gasteiger partial charge in [0.05, 0.1) is 5.69 Å². The molecular weight excluding hydrogens is 406 g/mol. The van der Waals surface area contributed by atoms with Crippen LogP contribution < -0.4 is 15.5 Å². The SMILES string of the molecule is CC(C)[C@H](O)NC(=O)C1(C(=O)N[C@@H]2C(=O)N(C)c3ccccc3-c3ccccc32)CCC1. The van der Waals surface area contributed by atoms with E-state index < -0.39 is 29.5 Å². The normalized spacial score (nSPS) is 19.8.